The second-order valence-electron chi connectivity index (χ2n) is 7.54. The van der Waals surface area contributed by atoms with Crippen LogP contribution in [-0.4, -0.2) is 21.0 Å². The number of aromatic nitrogens is 3. The molecule has 1 fully saturated rings. The van der Waals surface area contributed by atoms with E-state index >= 15 is 0 Å². The minimum atomic E-state index is -0.291. The Bertz CT molecular complexity index is 961. The van der Waals surface area contributed by atoms with E-state index in [2.05, 4.69) is 63.7 Å². The Labute approximate surface area is 158 Å². The van der Waals surface area contributed by atoms with Gasteiger partial charge in [0.2, 0.25) is 0 Å². The molecule has 1 aromatic carbocycles. The number of H-pyrrole nitrogens is 1. The maximum absolute atomic E-state index is 12.7. The number of ketones is 1. The topological polar surface area (TPSA) is 58.6 Å². The molecule has 0 radical (unpaired) electrons. The van der Waals surface area contributed by atoms with Crippen LogP contribution in [0.15, 0.2) is 60.9 Å². The lowest BCUT2D eigenvalue weighted by atomic mass is 9.68. The molecular formula is C23H21N3O. The summed E-state index contributed by atoms with van der Waals surface area (Å²) in [6.07, 6.45) is 11.9. The highest BCUT2D eigenvalue weighted by molar-refractivity contribution is 6.00. The van der Waals surface area contributed by atoms with E-state index in [4.69, 9.17) is 0 Å². The van der Waals surface area contributed by atoms with Crippen LogP contribution in [0, 0.1) is 5.92 Å². The number of rotatable bonds is 4. The van der Waals surface area contributed by atoms with E-state index in [0.29, 0.717) is 5.69 Å². The molecule has 2 aliphatic rings. The molecule has 0 aliphatic heterocycles. The predicted octanol–water partition coefficient (Wildman–Crippen LogP) is 4.34. The first-order valence-electron chi connectivity index (χ1n) is 9.55. The third-order valence-corrected chi connectivity index (χ3v) is 6.07. The first-order chi connectivity index (χ1) is 13.3. The average Bonchev–Trinajstić information content (AvgIpc) is 3.11. The lowest BCUT2D eigenvalue weighted by Gasteiger charge is -2.34. The van der Waals surface area contributed by atoms with Gasteiger partial charge in [0.25, 0.3) is 0 Å². The number of benzene rings is 1. The minimum absolute atomic E-state index is 0.159. The number of nitrogens with zero attached hydrogens (tertiary/aromatic N) is 2. The largest absolute Gasteiger partial charge is 0.292 e. The molecule has 0 amide bonds. The van der Waals surface area contributed by atoms with Crippen molar-refractivity contribution in [2.45, 2.75) is 31.1 Å². The summed E-state index contributed by atoms with van der Waals surface area (Å²) in [5, 5.41) is 7.58. The van der Waals surface area contributed by atoms with Crippen LogP contribution in [-0.2, 0) is 11.8 Å². The molecule has 2 aliphatic carbocycles. The molecule has 0 saturated heterocycles. The second kappa shape index (κ2) is 6.31. The molecule has 1 atom stereocenters. The lowest BCUT2D eigenvalue weighted by molar-refractivity contribution is 0.0849. The zero-order valence-corrected chi connectivity index (χ0v) is 15.1. The van der Waals surface area contributed by atoms with E-state index in [9.17, 15) is 4.79 Å². The number of allylic oxidation sites excluding steroid dienone is 1. The van der Waals surface area contributed by atoms with E-state index in [-0.39, 0.29) is 17.1 Å². The third kappa shape index (κ3) is 2.55. The molecule has 1 N–H and O–H groups in total. The zero-order chi connectivity index (χ0) is 18.3. The first-order valence-corrected chi connectivity index (χ1v) is 9.55. The van der Waals surface area contributed by atoms with Gasteiger partial charge in [-0.1, -0.05) is 48.9 Å². The van der Waals surface area contributed by atoms with Crippen LogP contribution in [0.5, 0.6) is 0 Å². The van der Waals surface area contributed by atoms with Crippen molar-refractivity contribution in [1.29, 1.82) is 0 Å². The summed E-state index contributed by atoms with van der Waals surface area (Å²) in [4.78, 5) is 16.9. The number of hydrogen-bond donors (Lipinski definition) is 1. The molecule has 2 aromatic heterocycles. The van der Waals surface area contributed by atoms with Gasteiger partial charge in [0.05, 0.1) is 0 Å². The fraction of sp³-hybridized carbons (Fsp3) is 0.261. The second-order valence-corrected chi connectivity index (χ2v) is 7.54. The third-order valence-electron chi connectivity index (χ3n) is 6.07. The number of aromatic amines is 1. The molecule has 5 rings (SSSR count). The molecule has 4 nitrogen and oxygen atoms in total. The van der Waals surface area contributed by atoms with Crippen LogP contribution >= 0.6 is 0 Å². The Morgan fingerprint density at radius 3 is 2.48 bits per heavy atom. The standard InChI is InChI=1S/C23H21N3O/c27-22(16-5-4-6-16)21-19-9-12-23(15-20(19)25-26-21,17-7-2-1-3-8-17)18-10-13-24-14-11-18/h1-3,7-14,16H,4-6,15H2,(H,25,26). The SMILES string of the molecule is O=C(c1n[nH]c2c1C=CC(c1ccccc1)(c1ccncc1)C2)C1CCC1. The van der Waals surface area contributed by atoms with Crippen molar-refractivity contribution < 1.29 is 4.79 Å². The fourth-order valence-electron chi connectivity index (χ4n) is 4.26. The summed E-state index contributed by atoms with van der Waals surface area (Å²) in [5.74, 6) is 0.353. The van der Waals surface area contributed by atoms with Crippen molar-refractivity contribution in [2.24, 2.45) is 5.92 Å². The summed E-state index contributed by atoms with van der Waals surface area (Å²) in [6.45, 7) is 0. The first kappa shape index (κ1) is 16.2. The Hall–Kier alpha value is -3.01. The molecule has 134 valence electrons. The summed E-state index contributed by atoms with van der Waals surface area (Å²) < 4.78 is 0. The number of pyridine rings is 1. The summed E-state index contributed by atoms with van der Waals surface area (Å²) in [7, 11) is 0. The number of hydrogen-bond acceptors (Lipinski definition) is 3. The summed E-state index contributed by atoms with van der Waals surface area (Å²) in [6, 6.07) is 14.6. The quantitative estimate of drug-likeness (QED) is 0.708. The molecule has 3 aromatic rings. The van der Waals surface area contributed by atoms with Gasteiger partial charge in [-0.25, -0.2) is 0 Å². The Morgan fingerprint density at radius 1 is 1.04 bits per heavy atom. The van der Waals surface area contributed by atoms with E-state index < -0.39 is 0 Å². The van der Waals surface area contributed by atoms with Gasteiger partial charge in [-0.2, -0.15) is 5.10 Å². The Balaban J connectivity index is 1.60. The number of carbonyl (C=O) groups is 1. The van der Waals surface area contributed by atoms with Crippen molar-refractivity contribution in [3.05, 3.63) is 89.0 Å². The Kier molecular flexibility index (Phi) is 3.78. The molecule has 1 unspecified atom stereocenters. The molecule has 0 spiro atoms. The van der Waals surface area contributed by atoms with Gasteiger partial charge in [-0.3, -0.25) is 14.9 Å². The van der Waals surface area contributed by atoms with Gasteiger partial charge in [-0.15, -0.1) is 0 Å². The molecular weight excluding hydrogens is 334 g/mol. The lowest BCUT2D eigenvalue weighted by Crippen LogP contribution is -2.31. The van der Waals surface area contributed by atoms with E-state index in [1.54, 1.807) is 0 Å². The van der Waals surface area contributed by atoms with Gasteiger partial charge in [-0.05, 0) is 36.1 Å². The smallest absolute Gasteiger partial charge is 0.186 e. The number of Topliss-reactive ketones (excluding diaryl/α,β-unsaturated/α-hetero) is 1. The van der Waals surface area contributed by atoms with Crippen molar-refractivity contribution in [3.63, 3.8) is 0 Å². The van der Waals surface area contributed by atoms with Crippen molar-refractivity contribution in [2.75, 3.05) is 0 Å². The van der Waals surface area contributed by atoms with Crippen LogP contribution in [0.3, 0.4) is 0 Å². The van der Waals surface area contributed by atoms with E-state index in [1.165, 1.54) is 11.1 Å². The van der Waals surface area contributed by atoms with Crippen LogP contribution < -0.4 is 0 Å². The molecule has 1 saturated carbocycles. The zero-order valence-electron chi connectivity index (χ0n) is 15.1. The van der Waals surface area contributed by atoms with Gasteiger partial charge in [0, 0.05) is 41.4 Å². The molecule has 4 heteroatoms. The van der Waals surface area contributed by atoms with Gasteiger partial charge in [0.15, 0.2) is 5.78 Å². The number of nitrogens with one attached hydrogen (secondary N) is 1. The van der Waals surface area contributed by atoms with E-state index in [1.807, 2.05) is 18.5 Å². The summed E-state index contributed by atoms with van der Waals surface area (Å²) in [5.41, 5.74) is 4.72. The normalized spacial score (nSPS) is 21.5. The number of carbonyl (C=O) groups excluding carboxylic acids is 1. The molecule has 0 bridgehead atoms. The van der Waals surface area contributed by atoms with Gasteiger partial charge < -0.3 is 0 Å². The van der Waals surface area contributed by atoms with E-state index in [0.717, 1.165) is 36.9 Å². The average molecular weight is 355 g/mol. The highest BCUT2D eigenvalue weighted by atomic mass is 16.1. The molecule has 27 heavy (non-hydrogen) atoms. The number of fused-ring (bicyclic) bond motifs is 1. The molecule has 2 heterocycles. The van der Waals surface area contributed by atoms with Crippen molar-refractivity contribution >= 4 is 11.9 Å². The maximum atomic E-state index is 12.7. The Morgan fingerprint density at radius 2 is 1.78 bits per heavy atom. The van der Waals surface area contributed by atoms with Crippen molar-refractivity contribution in [1.82, 2.24) is 15.2 Å². The highest BCUT2D eigenvalue weighted by Gasteiger charge is 2.38. The maximum Gasteiger partial charge on any atom is 0.186 e. The van der Waals surface area contributed by atoms with Gasteiger partial charge >= 0.3 is 0 Å². The van der Waals surface area contributed by atoms with Gasteiger partial charge in [0.1, 0.15) is 5.69 Å². The predicted molar refractivity (Wildman–Crippen MR) is 104 cm³/mol. The highest BCUT2D eigenvalue weighted by Crippen LogP contribution is 2.42. The fourth-order valence-corrected chi connectivity index (χ4v) is 4.26. The van der Waals surface area contributed by atoms with Crippen LogP contribution in [0.4, 0.5) is 0 Å². The van der Waals surface area contributed by atoms with Crippen molar-refractivity contribution in [3.8, 4) is 0 Å². The van der Waals surface area contributed by atoms with Crippen LogP contribution in [0.1, 0.15) is 52.1 Å². The van der Waals surface area contributed by atoms with Crippen LogP contribution in [0.25, 0.3) is 6.08 Å². The monoisotopic (exact) mass is 355 g/mol. The summed E-state index contributed by atoms with van der Waals surface area (Å²) >= 11 is 0. The van der Waals surface area contributed by atoms with Crippen LogP contribution in [0.2, 0.25) is 0 Å². The minimum Gasteiger partial charge on any atom is -0.292 e.